The van der Waals surface area contributed by atoms with Crippen LogP contribution in [-0.2, 0) is 11.8 Å². The van der Waals surface area contributed by atoms with E-state index < -0.39 is 0 Å². The van der Waals surface area contributed by atoms with Crippen LogP contribution >= 0.6 is 23.6 Å². The first-order valence-corrected chi connectivity index (χ1v) is 11.0. The summed E-state index contributed by atoms with van der Waals surface area (Å²) in [6.07, 6.45) is 1.84. The Morgan fingerprint density at radius 1 is 1.30 bits per heavy atom. The molecule has 1 aromatic carbocycles. The zero-order valence-electron chi connectivity index (χ0n) is 17.8. The van der Waals surface area contributed by atoms with Gasteiger partial charge in [0.25, 0.3) is 0 Å². The van der Waals surface area contributed by atoms with Gasteiger partial charge in [-0.25, -0.2) is 4.79 Å². The molecule has 0 aliphatic heterocycles. The SMILES string of the molecule is CCOC(=O)c1c(NC(=S)NC(C)c2cnn(C)c2C)sc(C)c1-c1ccccc1. The molecule has 3 aromatic rings. The van der Waals surface area contributed by atoms with Crippen LogP contribution in [0, 0.1) is 13.8 Å². The number of aromatic nitrogens is 2. The molecule has 2 N–H and O–H groups in total. The van der Waals surface area contributed by atoms with Crippen LogP contribution in [0.2, 0.25) is 0 Å². The fraction of sp³-hybridized carbons (Fsp3) is 0.318. The highest BCUT2D eigenvalue weighted by Crippen LogP contribution is 2.40. The van der Waals surface area contributed by atoms with Gasteiger partial charge in [-0.1, -0.05) is 30.3 Å². The number of thiophene rings is 1. The number of hydrogen-bond acceptors (Lipinski definition) is 5. The van der Waals surface area contributed by atoms with Crippen LogP contribution < -0.4 is 10.6 Å². The van der Waals surface area contributed by atoms with Crippen molar-refractivity contribution < 1.29 is 9.53 Å². The number of thiocarbonyl (C=S) groups is 1. The molecule has 0 fully saturated rings. The van der Waals surface area contributed by atoms with Gasteiger partial charge in [0.05, 0.1) is 18.8 Å². The predicted molar refractivity (Wildman–Crippen MR) is 126 cm³/mol. The van der Waals surface area contributed by atoms with Crippen LogP contribution in [0.4, 0.5) is 5.00 Å². The maximum Gasteiger partial charge on any atom is 0.341 e. The predicted octanol–water partition coefficient (Wildman–Crippen LogP) is 4.99. The summed E-state index contributed by atoms with van der Waals surface area (Å²) in [7, 11) is 1.91. The van der Waals surface area contributed by atoms with Crippen LogP contribution in [0.25, 0.3) is 11.1 Å². The van der Waals surface area contributed by atoms with Crippen LogP contribution in [0.5, 0.6) is 0 Å². The lowest BCUT2D eigenvalue weighted by atomic mass is 10.0. The van der Waals surface area contributed by atoms with Gasteiger partial charge >= 0.3 is 5.97 Å². The van der Waals surface area contributed by atoms with Gasteiger partial charge in [-0.3, -0.25) is 4.68 Å². The average Bonchev–Trinajstić information content (AvgIpc) is 3.21. The third-order valence-corrected chi connectivity index (χ3v) is 6.18. The van der Waals surface area contributed by atoms with Crippen molar-refractivity contribution in [1.29, 1.82) is 0 Å². The molecule has 0 aliphatic carbocycles. The molecule has 2 heterocycles. The second-order valence-corrected chi connectivity index (χ2v) is 8.59. The van der Waals surface area contributed by atoms with Gasteiger partial charge in [0, 0.05) is 28.7 Å². The van der Waals surface area contributed by atoms with E-state index in [1.807, 2.05) is 69.0 Å². The fourth-order valence-corrected chi connectivity index (χ4v) is 4.75. The minimum atomic E-state index is -0.359. The lowest BCUT2D eigenvalue weighted by Gasteiger charge is -2.17. The number of ether oxygens (including phenoxy) is 1. The zero-order chi connectivity index (χ0) is 21.8. The number of aryl methyl sites for hydroxylation is 2. The lowest BCUT2D eigenvalue weighted by Crippen LogP contribution is -2.31. The number of benzene rings is 1. The Balaban J connectivity index is 1.89. The van der Waals surface area contributed by atoms with E-state index in [2.05, 4.69) is 15.7 Å². The van der Waals surface area contributed by atoms with Crippen molar-refractivity contribution in [2.24, 2.45) is 7.05 Å². The number of carbonyl (C=O) groups excluding carboxylic acids is 1. The Morgan fingerprint density at radius 3 is 2.60 bits per heavy atom. The highest BCUT2D eigenvalue weighted by atomic mass is 32.1. The highest BCUT2D eigenvalue weighted by Gasteiger charge is 2.25. The van der Waals surface area contributed by atoms with E-state index in [-0.39, 0.29) is 12.0 Å². The van der Waals surface area contributed by atoms with Crippen molar-refractivity contribution in [3.63, 3.8) is 0 Å². The molecule has 0 aliphatic rings. The van der Waals surface area contributed by atoms with E-state index in [9.17, 15) is 4.79 Å². The smallest absolute Gasteiger partial charge is 0.341 e. The fourth-order valence-electron chi connectivity index (χ4n) is 3.34. The number of hydrogen-bond donors (Lipinski definition) is 2. The molecule has 3 rings (SSSR count). The van der Waals surface area contributed by atoms with E-state index in [4.69, 9.17) is 17.0 Å². The highest BCUT2D eigenvalue weighted by molar-refractivity contribution is 7.80. The summed E-state index contributed by atoms with van der Waals surface area (Å²) in [6, 6.07) is 9.82. The first-order chi connectivity index (χ1) is 14.3. The summed E-state index contributed by atoms with van der Waals surface area (Å²) in [6.45, 7) is 8.15. The molecule has 1 atom stereocenters. The van der Waals surface area contributed by atoms with E-state index in [0.29, 0.717) is 22.3 Å². The third-order valence-electron chi connectivity index (χ3n) is 4.94. The number of rotatable bonds is 6. The maximum absolute atomic E-state index is 12.8. The quantitative estimate of drug-likeness (QED) is 0.414. The summed E-state index contributed by atoms with van der Waals surface area (Å²) in [4.78, 5) is 13.8. The average molecular weight is 443 g/mol. The summed E-state index contributed by atoms with van der Waals surface area (Å²) < 4.78 is 7.18. The lowest BCUT2D eigenvalue weighted by molar-refractivity contribution is 0.0529. The van der Waals surface area contributed by atoms with E-state index in [1.54, 1.807) is 6.92 Å². The number of anilines is 1. The van der Waals surface area contributed by atoms with Gasteiger partial charge in [-0.2, -0.15) is 5.10 Å². The number of esters is 1. The molecule has 2 aromatic heterocycles. The van der Waals surface area contributed by atoms with Crippen LogP contribution in [-0.4, -0.2) is 27.5 Å². The van der Waals surface area contributed by atoms with E-state index >= 15 is 0 Å². The van der Waals surface area contributed by atoms with Gasteiger partial charge in [0.15, 0.2) is 5.11 Å². The molecule has 1 unspecified atom stereocenters. The molecular formula is C22H26N4O2S2. The summed E-state index contributed by atoms with van der Waals surface area (Å²) >= 11 is 7.04. The summed E-state index contributed by atoms with van der Waals surface area (Å²) in [5.74, 6) is -0.359. The molecular weight excluding hydrogens is 416 g/mol. The standard InChI is InChI=1S/C22H26N4O2S2/c1-6-28-21(27)19-18(16-10-8-7-9-11-16)15(4)30-20(19)25-22(29)24-13(2)17-12-23-26(5)14(17)3/h7-13H,6H2,1-5H3,(H2,24,25,29). The molecule has 0 bridgehead atoms. The molecule has 158 valence electrons. The second-order valence-electron chi connectivity index (χ2n) is 6.95. The van der Waals surface area contributed by atoms with E-state index in [1.165, 1.54) is 11.3 Å². The Kier molecular flexibility index (Phi) is 6.89. The largest absolute Gasteiger partial charge is 0.462 e. The minimum Gasteiger partial charge on any atom is -0.462 e. The Morgan fingerprint density at radius 2 is 2.00 bits per heavy atom. The Labute approximate surface area is 186 Å². The molecule has 0 saturated carbocycles. The number of nitrogens with zero attached hydrogens (tertiary/aromatic N) is 2. The van der Waals surface area contributed by atoms with Gasteiger partial charge in [0.2, 0.25) is 0 Å². The Bertz CT molecular complexity index is 1060. The van der Waals surface area contributed by atoms with Crippen LogP contribution in [0.15, 0.2) is 36.5 Å². The van der Waals surface area contributed by atoms with Crippen molar-refractivity contribution in [3.05, 3.63) is 58.2 Å². The molecule has 0 saturated heterocycles. The topological polar surface area (TPSA) is 68.2 Å². The van der Waals surface area contributed by atoms with Gasteiger partial charge in [-0.05, 0) is 45.5 Å². The molecule has 0 spiro atoms. The summed E-state index contributed by atoms with van der Waals surface area (Å²) in [5, 5.41) is 11.9. The molecule has 30 heavy (non-hydrogen) atoms. The van der Waals surface area contributed by atoms with Crippen molar-refractivity contribution in [1.82, 2.24) is 15.1 Å². The zero-order valence-corrected chi connectivity index (χ0v) is 19.4. The van der Waals surface area contributed by atoms with E-state index in [0.717, 1.165) is 27.3 Å². The minimum absolute atomic E-state index is 0.0283. The third kappa shape index (κ3) is 4.55. The summed E-state index contributed by atoms with van der Waals surface area (Å²) in [5.41, 5.74) is 4.50. The molecule has 0 amide bonds. The Hall–Kier alpha value is -2.71. The number of nitrogens with one attached hydrogen (secondary N) is 2. The van der Waals surface area contributed by atoms with Crippen molar-refractivity contribution in [3.8, 4) is 11.1 Å². The monoisotopic (exact) mass is 442 g/mol. The molecule has 8 heteroatoms. The number of carbonyl (C=O) groups is 1. The normalized spacial score (nSPS) is 11.8. The van der Waals surface area contributed by atoms with Gasteiger partial charge in [0.1, 0.15) is 10.6 Å². The molecule has 6 nitrogen and oxygen atoms in total. The maximum atomic E-state index is 12.8. The van der Waals surface area contributed by atoms with Gasteiger partial charge in [-0.15, -0.1) is 11.3 Å². The second kappa shape index (κ2) is 9.40. The van der Waals surface area contributed by atoms with Crippen LogP contribution in [0.3, 0.4) is 0 Å². The first kappa shape index (κ1) is 22.0. The van der Waals surface area contributed by atoms with Crippen molar-refractivity contribution in [2.45, 2.75) is 33.7 Å². The van der Waals surface area contributed by atoms with Crippen molar-refractivity contribution >= 4 is 39.6 Å². The van der Waals surface area contributed by atoms with Gasteiger partial charge < -0.3 is 15.4 Å². The first-order valence-electron chi connectivity index (χ1n) is 9.75. The molecule has 0 radical (unpaired) electrons. The van der Waals surface area contributed by atoms with Crippen LogP contribution in [0.1, 0.15) is 46.4 Å². The van der Waals surface area contributed by atoms with Crippen molar-refractivity contribution in [2.75, 3.05) is 11.9 Å².